The number of carbonyl (C=O) groups excluding carboxylic acids is 2. The molecule has 0 saturated heterocycles. The summed E-state index contributed by atoms with van der Waals surface area (Å²) in [4.78, 5) is 24.5. The lowest BCUT2D eigenvalue weighted by Crippen LogP contribution is -2.50. The summed E-state index contributed by atoms with van der Waals surface area (Å²) >= 11 is 0. The van der Waals surface area contributed by atoms with Gasteiger partial charge in [0.15, 0.2) is 0 Å². The number of esters is 1. The van der Waals surface area contributed by atoms with E-state index in [1.54, 1.807) is 25.2 Å². The van der Waals surface area contributed by atoms with Crippen LogP contribution in [0.2, 0.25) is 0 Å². The molecule has 1 aromatic rings. The molecule has 5 nitrogen and oxygen atoms in total. The monoisotopic (exact) mass is 338 g/mol. The molecule has 0 radical (unpaired) electrons. The van der Waals surface area contributed by atoms with E-state index in [1.165, 1.54) is 0 Å². The number of carbonyl (C=O) groups is 2. The van der Waals surface area contributed by atoms with Crippen molar-refractivity contribution in [3.05, 3.63) is 83.6 Å². The zero-order valence-corrected chi connectivity index (χ0v) is 14.4. The molecule has 1 aliphatic rings. The molecule has 1 aromatic carbocycles. The second-order valence-electron chi connectivity index (χ2n) is 5.52. The lowest BCUT2D eigenvalue weighted by molar-refractivity contribution is -0.140. The number of nitrogens with one attached hydrogen (secondary N) is 2. The number of allylic oxidation sites excluding steroid dienone is 4. The van der Waals surface area contributed by atoms with Gasteiger partial charge in [-0.05, 0) is 25.0 Å². The molecule has 0 bridgehead atoms. The summed E-state index contributed by atoms with van der Waals surface area (Å²) in [6.07, 6.45) is 7.04. The molecule has 130 valence electrons. The number of amides is 2. The third-order valence-electron chi connectivity index (χ3n) is 3.79. The van der Waals surface area contributed by atoms with E-state index in [0.29, 0.717) is 11.3 Å². The molecule has 1 heterocycles. The summed E-state index contributed by atoms with van der Waals surface area (Å²) < 4.78 is 5.44. The van der Waals surface area contributed by atoms with Crippen LogP contribution >= 0.6 is 0 Å². The Bertz CT molecular complexity index is 745. The molecule has 5 heteroatoms. The maximum atomic E-state index is 12.7. The van der Waals surface area contributed by atoms with Crippen molar-refractivity contribution >= 4 is 12.0 Å². The summed E-state index contributed by atoms with van der Waals surface area (Å²) in [6.45, 7) is 7.35. The van der Waals surface area contributed by atoms with E-state index in [9.17, 15) is 9.59 Å². The first-order chi connectivity index (χ1) is 12.1. The Kier molecular flexibility index (Phi) is 6.34. The molecule has 0 aromatic heterocycles. The van der Waals surface area contributed by atoms with E-state index in [1.807, 2.05) is 43.3 Å². The minimum atomic E-state index is -0.571. The van der Waals surface area contributed by atoms with Crippen LogP contribution < -0.4 is 10.6 Å². The highest BCUT2D eigenvalue weighted by atomic mass is 16.5. The van der Waals surface area contributed by atoms with Gasteiger partial charge >= 0.3 is 12.0 Å². The SMILES string of the molecule is C=C/C=C\C(=C/C)C1NC(=O)NC(C)=C1C(=O)OCc1ccccc1. The molecular formula is C20H22N2O3. The smallest absolute Gasteiger partial charge is 0.338 e. The van der Waals surface area contributed by atoms with Gasteiger partial charge in [0.05, 0.1) is 11.6 Å². The largest absolute Gasteiger partial charge is 0.457 e. The van der Waals surface area contributed by atoms with Crippen LogP contribution in [0.3, 0.4) is 0 Å². The maximum Gasteiger partial charge on any atom is 0.338 e. The predicted molar refractivity (Wildman–Crippen MR) is 97.5 cm³/mol. The molecule has 25 heavy (non-hydrogen) atoms. The molecule has 1 aliphatic heterocycles. The summed E-state index contributed by atoms with van der Waals surface area (Å²) in [5, 5.41) is 5.40. The normalized spacial score (nSPS) is 17.9. The second kappa shape index (κ2) is 8.68. The van der Waals surface area contributed by atoms with Crippen LogP contribution in [0.1, 0.15) is 19.4 Å². The predicted octanol–water partition coefficient (Wildman–Crippen LogP) is 3.37. The van der Waals surface area contributed by atoms with Gasteiger partial charge in [-0.3, -0.25) is 0 Å². The third kappa shape index (κ3) is 4.70. The Morgan fingerprint density at radius 3 is 2.68 bits per heavy atom. The lowest BCUT2D eigenvalue weighted by atomic mass is 9.95. The Labute approximate surface area is 147 Å². The molecular weight excluding hydrogens is 316 g/mol. The Hall–Kier alpha value is -3.08. The fourth-order valence-corrected chi connectivity index (χ4v) is 2.55. The Balaban J connectivity index is 2.24. The van der Waals surface area contributed by atoms with E-state index in [2.05, 4.69) is 17.2 Å². The van der Waals surface area contributed by atoms with E-state index < -0.39 is 12.0 Å². The van der Waals surface area contributed by atoms with Crippen LogP contribution in [0.5, 0.6) is 0 Å². The van der Waals surface area contributed by atoms with E-state index >= 15 is 0 Å². The van der Waals surface area contributed by atoms with E-state index in [0.717, 1.165) is 11.1 Å². The molecule has 0 aliphatic carbocycles. The van der Waals surface area contributed by atoms with Crippen molar-refractivity contribution < 1.29 is 14.3 Å². The van der Waals surface area contributed by atoms with Crippen molar-refractivity contribution in [3.63, 3.8) is 0 Å². The highest BCUT2D eigenvalue weighted by Gasteiger charge is 2.32. The first-order valence-electron chi connectivity index (χ1n) is 8.01. The van der Waals surface area contributed by atoms with Crippen molar-refractivity contribution in [2.24, 2.45) is 0 Å². The van der Waals surface area contributed by atoms with Gasteiger partial charge in [0.1, 0.15) is 6.61 Å². The van der Waals surface area contributed by atoms with Crippen LogP contribution in [-0.4, -0.2) is 18.0 Å². The van der Waals surface area contributed by atoms with Crippen LogP contribution in [-0.2, 0) is 16.1 Å². The van der Waals surface area contributed by atoms with Gasteiger partial charge in [-0.2, -0.15) is 0 Å². The van der Waals surface area contributed by atoms with Crippen LogP contribution in [0.25, 0.3) is 0 Å². The van der Waals surface area contributed by atoms with Gasteiger partial charge in [-0.25, -0.2) is 9.59 Å². The molecule has 1 atom stereocenters. The fourth-order valence-electron chi connectivity index (χ4n) is 2.55. The topological polar surface area (TPSA) is 67.4 Å². The minimum absolute atomic E-state index is 0.171. The molecule has 0 saturated carbocycles. The molecule has 2 amide bonds. The lowest BCUT2D eigenvalue weighted by Gasteiger charge is -2.28. The van der Waals surface area contributed by atoms with Gasteiger partial charge in [-0.15, -0.1) is 0 Å². The first-order valence-corrected chi connectivity index (χ1v) is 8.01. The van der Waals surface area contributed by atoms with Gasteiger partial charge in [0.2, 0.25) is 0 Å². The van der Waals surface area contributed by atoms with Crippen molar-refractivity contribution in [3.8, 4) is 0 Å². The quantitative estimate of drug-likeness (QED) is 0.617. The van der Waals surface area contributed by atoms with Crippen molar-refractivity contribution in [2.45, 2.75) is 26.5 Å². The molecule has 2 rings (SSSR count). The van der Waals surface area contributed by atoms with Crippen LogP contribution in [0, 0.1) is 0 Å². The number of hydrogen-bond donors (Lipinski definition) is 2. The van der Waals surface area contributed by atoms with Gasteiger partial charge < -0.3 is 15.4 Å². The summed E-state index contributed by atoms with van der Waals surface area (Å²) in [5.41, 5.74) is 2.55. The van der Waals surface area contributed by atoms with Crippen molar-refractivity contribution in [2.75, 3.05) is 0 Å². The number of hydrogen-bond acceptors (Lipinski definition) is 3. The number of rotatable bonds is 6. The summed E-state index contributed by atoms with van der Waals surface area (Å²) in [6, 6.07) is 8.52. The maximum absolute atomic E-state index is 12.7. The van der Waals surface area contributed by atoms with E-state index in [4.69, 9.17) is 4.74 Å². The molecule has 0 fully saturated rings. The Morgan fingerprint density at radius 1 is 1.32 bits per heavy atom. The standard InChI is InChI=1S/C20H22N2O3/c1-4-6-12-16(5-2)18-17(14(3)21-20(24)22-18)19(23)25-13-15-10-8-7-9-11-15/h4-12,18H,1,13H2,2-3H3,(H2,21,22,24)/b12-6-,16-5+. The zero-order valence-electron chi connectivity index (χ0n) is 14.4. The third-order valence-corrected chi connectivity index (χ3v) is 3.79. The minimum Gasteiger partial charge on any atom is -0.457 e. The van der Waals surface area contributed by atoms with Crippen LogP contribution in [0.4, 0.5) is 4.79 Å². The van der Waals surface area contributed by atoms with Crippen molar-refractivity contribution in [1.82, 2.24) is 10.6 Å². The number of benzene rings is 1. The van der Waals surface area contributed by atoms with Gasteiger partial charge in [-0.1, -0.05) is 61.2 Å². The first kappa shape index (κ1) is 18.3. The molecule has 1 unspecified atom stereocenters. The van der Waals surface area contributed by atoms with E-state index in [-0.39, 0.29) is 12.6 Å². The number of ether oxygens (including phenoxy) is 1. The summed E-state index contributed by atoms with van der Waals surface area (Å²) in [7, 11) is 0. The second-order valence-corrected chi connectivity index (χ2v) is 5.52. The summed E-state index contributed by atoms with van der Waals surface area (Å²) in [5.74, 6) is -0.467. The number of urea groups is 1. The average Bonchev–Trinajstić information content (AvgIpc) is 2.61. The fraction of sp³-hybridized carbons (Fsp3) is 0.200. The highest BCUT2D eigenvalue weighted by Crippen LogP contribution is 2.21. The molecule has 2 N–H and O–H groups in total. The van der Waals surface area contributed by atoms with Gasteiger partial charge in [0.25, 0.3) is 0 Å². The van der Waals surface area contributed by atoms with Crippen molar-refractivity contribution in [1.29, 1.82) is 0 Å². The highest BCUT2D eigenvalue weighted by molar-refractivity contribution is 5.95. The van der Waals surface area contributed by atoms with Gasteiger partial charge in [0, 0.05) is 5.70 Å². The van der Waals surface area contributed by atoms with Crippen LogP contribution in [0.15, 0.2) is 78.1 Å². The zero-order chi connectivity index (χ0) is 18.2. The average molecular weight is 338 g/mol. The molecule has 0 spiro atoms. The Morgan fingerprint density at radius 2 is 2.04 bits per heavy atom.